The van der Waals surface area contributed by atoms with E-state index >= 15 is 0 Å². The molecule has 3 rings (SSSR count). The lowest BCUT2D eigenvalue weighted by Gasteiger charge is -2.16. The van der Waals surface area contributed by atoms with Crippen LogP contribution in [0.2, 0.25) is 5.02 Å². The number of carbonyl (C=O) groups is 1. The number of rotatable bonds is 7. The van der Waals surface area contributed by atoms with E-state index in [1.165, 1.54) is 6.92 Å². The van der Waals surface area contributed by atoms with Gasteiger partial charge in [-0.25, -0.2) is 0 Å². The van der Waals surface area contributed by atoms with Crippen LogP contribution in [0.1, 0.15) is 27.0 Å². The minimum Gasteiger partial charge on any atom is -0.494 e. The van der Waals surface area contributed by atoms with Crippen LogP contribution in [-0.2, 0) is 13.0 Å². The van der Waals surface area contributed by atoms with E-state index in [9.17, 15) is 20.0 Å². The summed E-state index contributed by atoms with van der Waals surface area (Å²) in [6.07, 6.45) is 0.455. The topological polar surface area (TPSA) is 92.3 Å². The number of halogens is 1. The molecule has 0 aliphatic heterocycles. The van der Waals surface area contributed by atoms with Crippen molar-refractivity contribution >= 4 is 17.4 Å². The van der Waals surface area contributed by atoms with Gasteiger partial charge in [0.2, 0.25) is 11.7 Å². The van der Waals surface area contributed by atoms with Gasteiger partial charge in [0.15, 0.2) is 6.61 Å². The Morgan fingerprint density at radius 2 is 1.83 bits per heavy atom. The first-order valence-electron chi connectivity index (χ1n) is 9.24. The van der Waals surface area contributed by atoms with Gasteiger partial charge in [0.25, 0.3) is 5.56 Å². The van der Waals surface area contributed by atoms with E-state index < -0.39 is 17.2 Å². The van der Waals surface area contributed by atoms with Crippen molar-refractivity contribution in [3.63, 3.8) is 0 Å². The van der Waals surface area contributed by atoms with E-state index in [1.807, 2.05) is 36.4 Å². The number of Topliss-reactive ketones (excluding diaryl/α,β-unsaturated/α-hetero) is 1. The SMILES string of the molecule is Cc1c(C(=O)COc2ccc(Cl)cc2)c(O)n(CCc2ccccc2)c(=O)c1C#N. The fourth-order valence-electron chi connectivity index (χ4n) is 3.13. The Labute approximate surface area is 178 Å². The Morgan fingerprint density at radius 3 is 2.47 bits per heavy atom. The largest absolute Gasteiger partial charge is 0.494 e. The third-order valence-electron chi connectivity index (χ3n) is 4.73. The molecule has 7 heteroatoms. The molecule has 152 valence electrons. The van der Waals surface area contributed by atoms with Crippen LogP contribution in [0.4, 0.5) is 0 Å². The van der Waals surface area contributed by atoms with E-state index in [0.717, 1.165) is 10.1 Å². The van der Waals surface area contributed by atoms with Crippen LogP contribution in [0.25, 0.3) is 0 Å². The van der Waals surface area contributed by atoms with Crippen molar-refractivity contribution in [1.82, 2.24) is 4.57 Å². The number of aromatic nitrogens is 1. The Morgan fingerprint density at radius 1 is 1.17 bits per heavy atom. The van der Waals surface area contributed by atoms with Gasteiger partial charge < -0.3 is 9.84 Å². The van der Waals surface area contributed by atoms with Gasteiger partial charge in [-0.05, 0) is 48.7 Å². The fourth-order valence-corrected chi connectivity index (χ4v) is 3.26. The molecule has 6 nitrogen and oxygen atoms in total. The average Bonchev–Trinajstić information content (AvgIpc) is 2.74. The smallest absolute Gasteiger partial charge is 0.271 e. The van der Waals surface area contributed by atoms with Crippen LogP contribution >= 0.6 is 11.6 Å². The average molecular weight is 423 g/mol. The standard InChI is InChI=1S/C23H19ClN2O4/c1-15-19(13-25)22(28)26(12-11-16-5-3-2-4-6-16)23(29)21(15)20(27)14-30-18-9-7-17(24)8-10-18/h2-10,29H,11-12,14H2,1H3. The Hall–Kier alpha value is -3.56. The number of aryl methyl sites for hydroxylation is 1. The molecule has 0 fully saturated rings. The van der Waals surface area contributed by atoms with Gasteiger partial charge in [-0.2, -0.15) is 5.26 Å². The minimum atomic E-state index is -0.626. The lowest BCUT2D eigenvalue weighted by Crippen LogP contribution is -2.28. The molecular formula is C23H19ClN2O4. The second-order valence-corrected chi connectivity index (χ2v) is 7.11. The summed E-state index contributed by atoms with van der Waals surface area (Å²) in [4.78, 5) is 25.5. The Kier molecular flexibility index (Phi) is 6.55. The predicted octanol–water partition coefficient (Wildman–Crippen LogP) is 3.89. The van der Waals surface area contributed by atoms with E-state index in [2.05, 4.69) is 0 Å². The molecule has 0 unspecified atom stereocenters. The van der Waals surface area contributed by atoms with Gasteiger partial charge in [-0.1, -0.05) is 41.9 Å². The van der Waals surface area contributed by atoms with Gasteiger partial charge in [0, 0.05) is 11.6 Å². The molecule has 30 heavy (non-hydrogen) atoms. The van der Waals surface area contributed by atoms with Crippen LogP contribution in [0.5, 0.6) is 11.6 Å². The van der Waals surface area contributed by atoms with Crippen LogP contribution in [-0.4, -0.2) is 22.1 Å². The summed E-state index contributed by atoms with van der Waals surface area (Å²) in [6, 6.07) is 17.8. The maximum absolute atomic E-state index is 12.8. The van der Waals surface area contributed by atoms with E-state index in [0.29, 0.717) is 17.2 Å². The highest BCUT2D eigenvalue weighted by molar-refractivity contribution is 6.30. The van der Waals surface area contributed by atoms with Gasteiger partial charge in [-0.15, -0.1) is 0 Å². The minimum absolute atomic E-state index is 0.0897. The summed E-state index contributed by atoms with van der Waals surface area (Å²) in [7, 11) is 0. The maximum atomic E-state index is 12.8. The number of hydrogen-bond acceptors (Lipinski definition) is 5. The van der Waals surface area contributed by atoms with Crippen LogP contribution < -0.4 is 10.3 Å². The summed E-state index contributed by atoms with van der Waals surface area (Å²) in [6.45, 7) is 1.23. The predicted molar refractivity (Wildman–Crippen MR) is 113 cm³/mol. The van der Waals surface area contributed by atoms with Crippen LogP contribution in [0.15, 0.2) is 59.4 Å². The van der Waals surface area contributed by atoms with Crippen molar-refractivity contribution in [3.05, 3.63) is 92.2 Å². The second kappa shape index (κ2) is 9.29. The monoisotopic (exact) mass is 422 g/mol. The zero-order valence-electron chi connectivity index (χ0n) is 16.3. The number of ketones is 1. The summed E-state index contributed by atoms with van der Waals surface area (Å²) < 4.78 is 6.53. The molecule has 0 aliphatic carbocycles. The molecule has 0 aliphatic rings. The quantitative estimate of drug-likeness (QED) is 0.583. The van der Waals surface area contributed by atoms with Crippen molar-refractivity contribution < 1.29 is 14.6 Å². The Bertz CT molecular complexity index is 1160. The molecule has 3 aromatic rings. The number of ether oxygens (including phenoxy) is 1. The molecule has 1 N–H and O–H groups in total. The zero-order chi connectivity index (χ0) is 21.7. The van der Waals surface area contributed by atoms with Gasteiger partial charge in [-0.3, -0.25) is 14.2 Å². The van der Waals surface area contributed by atoms with Gasteiger partial charge in [0.05, 0.1) is 5.56 Å². The van der Waals surface area contributed by atoms with Crippen molar-refractivity contribution in [3.8, 4) is 17.7 Å². The highest BCUT2D eigenvalue weighted by Gasteiger charge is 2.24. The molecule has 1 heterocycles. The summed E-state index contributed by atoms with van der Waals surface area (Å²) in [5, 5.41) is 20.7. The highest BCUT2D eigenvalue weighted by atomic mass is 35.5. The third kappa shape index (κ3) is 4.53. The van der Waals surface area contributed by atoms with Gasteiger partial charge in [0.1, 0.15) is 17.4 Å². The third-order valence-corrected chi connectivity index (χ3v) is 4.98. The molecule has 0 bridgehead atoms. The highest BCUT2D eigenvalue weighted by Crippen LogP contribution is 2.23. The van der Waals surface area contributed by atoms with Crippen LogP contribution in [0, 0.1) is 18.3 Å². The number of pyridine rings is 1. The number of hydrogen-bond donors (Lipinski definition) is 1. The fraction of sp³-hybridized carbons (Fsp3) is 0.174. The number of aromatic hydroxyl groups is 1. The number of nitrogens with zero attached hydrogens (tertiary/aromatic N) is 2. The first kappa shape index (κ1) is 21.2. The molecule has 0 saturated heterocycles. The molecule has 0 spiro atoms. The van der Waals surface area contributed by atoms with Crippen molar-refractivity contribution in [1.29, 1.82) is 5.26 Å². The summed E-state index contributed by atoms with van der Waals surface area (Å²) in [5.74, 6) is -0.565. The molecule has 0 amide bonds. The molecular weight excluding hydrogens is 404 g/mol. The van der Waals surface area contributed by atoms with E-state index in [4.69, 9.17) is 16.3 Å². The molecule has 0 atom stereocenters. The lowest BCUT2D eigenvalue weighted by atomic mass is 10.0. The first-order valence-corrected chi connectivity index (χ1v) is 9.62. The first-order chi connectivity index (χ1) is 14.4. The number of carbonyl (C=O) groups excluding carboxylic acids is 1. The lowest BCUT2D eigenvalue weighted by molar-refractivity contribution is 0.0916. The summed E-state index contributed by atoms with van der Waals surface area (Å²) in [5.41, 5.74) is 0.213. The number of nitriles is 1. The van der Waals surface area contributed by atoms with Crippen molar-refractivity contribution in [2.24, 2.45) is 0 Å². The van der Waals surface area contributed by atoms with Crippen LogP contribution in [0.3, 0.4) is 0 Å². The van der Waals surface area contributed by atoms with E-state index in [-0.39, 0.29) is 29.8 Å². The van der Waals surface area contributed by atoms with Crippen molar-refractivity contribution in [2.75, 3.05) is 6.61 Å². The molecule has 0 radical (unpaired) electrons. The zero-order valence-corrected chi connectivity index (χ0v) is 17.0. The second-order valence-electron chi connectivity index (χ2n) is 6.67. The van der Waals surface area contributed by atoms with Gasteiger partial charge >= 0.3 is 0 Å². The van der Waals surface area contributed by atoms with E-state index in [1.54, 1.807) is 24.3 Å². The maximum Gasteiger partial charge on any atom is 0.271 e. The molecule has 2 aromatic carbocycles. The molecule has 1 aromatic heterocycles. The van der Waals surface area contributed by atoms with Crippen molar-refractivity contribution in [2.45, 2.75) is 19.9 Å². The Balaban J connectivity index is 1.90. The summed E-state index contributed by atoms with van der Waals surface area (Å²) >= 11 is 5.83. The molecule has 0 saturated carbocycles. The normalized spacial score (nSPS) is 10.4. The number of benzene rings is 2.